The number of benzene rings is 2. The Morgan fingerprint density at radius 3 is 2.13 bits per heavy atom. The van der Waals surface area contributed by atoms with E-state index in [0.29, 0.717) is 4.88 Å². The van der Waals surface area contributed by atoms with Crippen LogP contribution in [-0.4, -0.2) is 22.0 Å². The van der Waals surface area contributed by atoms with E-state index >= 15 is 0 Å². The average molecular weight is 429 g/mol. The van der Waals surface area contributed by atoms with Crippen LogP contribution in [-0.2, 0) is 4.79 Å². The van der Waals surface area contributed by atoms with Crippen LogP contribution in [0.15, 0.2) is 90.6 Å². The van der Waals surface area contributed by atoms with Gasteiger partial charge < -0.3 is 10.4 Å². The first-order chi connectivity index (χ1) is 15.1. The Labute approximate surface area is 184 Å². The summed E-state index contributed by atoms with van der Waals surface area (Å²) in [4.78, 5) is 28.6. The van der Waals surface area contributed by atoms with Gasteiger partial charge >= 0.3 is 5.97 Å². The van der Waals surface area contributed by atoms with Gasteiger partial charge in [-0.1, -0.05) is 54.6 Å². The summed E-state index contributed by atoms with van der Waals surface area (Å²) in [5, 5.41) is 14.0. The van der Waals surface area contributed by atoms with Crippen molar-refractivity contribution < 1.29 is 14.7 Å². The van der Waals surface area contributed by atoms with Crippen molar-refractivity contribution in [3.63, 3.8) is 0 Å². The molecule has 1 amide bonds. The molecule has 0 aliphatic carbocycles. The van der Waals surface area contributed by atoms with Gasteiger partial charge in [0.1, 0.15) is 0 Å². The maximum absolute atomic E-state index is 12.8. The van der Waals surface area contributed by atoms with Crippen LogP contribution in [0.3, 0.4) is 0 Å². The van der Waals surface area contributed by atoms with Crippen LogP contribution < -0.4 is 5.32 Å². The highest BCUT2D eigenvalue weighted by Gasteiger charge is 2.20. The molecule has 0 aliphatic heterocycles. The van der Waals surface area contributed by atoms with Crippen LogP contribution in [0.5, 0.6) is 0 Å². The minimum atomic E-state index is -0.963. The number of amides is 1. The van der Waals surface area contributed by atoms with Gasteiger partial charge in [0.25, 0.3) is 5.91 Å². The normalized spacial score (nSPS) is 11.6. The lowest BCUT2D eigenvalue weighted by atomic mass is 10.0. The summed E-state index contributed by atoms with van der Waals surface area (Å²) in [7, 11) is 0. The SMILES string of the molecule is O=C(O)CC(NC(=O)c1cc(-c2ccc(-c3ccncc3)cc2)cs1)c1ccccc1. The Bertz CT molecular complexity index is 1170. The second kappa shape index (κ2) is 9.36. The monoisotopic (exact) mass is 428 g/mol. The molecule has 6 heteroatoms. The summed E-state index contributed by atoms with van der Waals surface area (Å²) in [5.41, 5.74) is 4.92. The number of nitrogens with one attached hydrogen (secondary N) is 1. The predicted molar refractivity (Wildman–Crippen MR) is 122 cm³/mol. The molecule has 2 aromatic carbocycles. The fourth-order valence-corrected chi connectivity index (χ4v) is 4.17. The van der Waals surface area contributed by atoms with Gasteiger partial charge in [-0.15, -0.1) is 11.3 Å². The molecule has 0 spiro atoms. The second-order valence-corrected chi connectivity index (χ2v) is 7.96. The highest BCUT2D eigenvalue weighted by molar-refractivity contribution is 7.12. The minimum absolute atomic E-state index is 0.176. The lowest BCUT2D eigenvalue weighted by Gasteiger charge is -2.16. The largest absolute Gasteiger partial charge is 0.481 e. The zero-order valence-electron chi connectivity index (χ0n) is 16.6. The molecule has 1 atom stereocenters. The number of aromatic nitrogens is 1. The van der Waals surface area contributed by atoms with E-state index in [1.807, 2.05) is 78.2 Å². The van der Waals surface area contributed by atoms with E-state index in [0.717, 1.165) is 27.8 Å². The van der Waals surface area contributed by atoms with Crippen molar-refractivity contribution in [3.8, 4) is 22.3 Å². The number of pyridine rings is 1. The molecule has 0 saturated carbocycles. The fraction of sp³-hybridized carbons (Fsp3) is 0.0800. The lowest BCUT2D eigenvalue weighted by Crippen LogP contribution is -2.29. The Kier molecular flexibility index (Phi) is 6.19. The summed E-state index contributed by atoms with van der Waals surface area (Å²) < 4.78 is 0. The molecule has 0 bridgehead atoms. The topological polar surface area (TPSA) is 79.3 Å². The first kappa shape index (κ1) is 20.5. The van der Waals surface area contributed by atoms with Crippen LogP contribution >= 0.6 is 11.3 Å². The van der Waals surface area contributed by atoms with Crippen molar-refractivity contribution in [2.45, 2.75) is 12.5 Å². The van der Waals surface area contributed by atoms with Crippen LogP contribution in [0.1, 0.15) is 27.7 Å². The van der Waals surface area contributed by atoms with Crippen molar-refractivity contribution in [3.05, 3.63) is 101 Å². The zero-order chi connectivity index (χ0) is 21.6. The number of aliphatic carboxylic acids is 1. The summed E-state index contributed by atoms with van der Waals surface area (Å²) >= 11 is 1.34. The summed E-state index contributed by atoms with van der Waals surface area (Å²) in [6.45, 7) is 0. The number of carboxylic acids is 1. The highest BCUT2D eigenvalue weighted by atomic mass is 32.1. The molecule has 2 aromatic heterocycles. The Morgan fingerprint density at radius 1 is 0.871 bits per heavy atom. The molecule has 4 rings (SSSR count). The molecule has 1 unspecified atom stereocenters. The molecule has 2 heterocycles. The number of carbonyl (C=O) groups excluding carboxylic acids is 1. The van der Waals surface area contributed by atoms with E-state index in [-0.39, 0.29) is 12.3 Å². The van der Waals surface area contributed by atoms with Gasteiger partial charge in [-0.05, 0) is 51.4 Å². The zero-order valence-corrected chi connectivity index (χ0v) is 17.4. The van der Waals surface area contributed by atoms with E-state index in [1.165, 1.54) is 11.3 Å². The second-order valence-electron chi connectivity index (χ2n) is 7.05. The molecule has 4 aromatic rings. The number of carbonyl (C=O) groups is 2. The fourth-order valence-electron chi connectivity index (χ4n) is 3.35. The van der Waals surface area contributed by atoms with Gasteiger partial charge in [-0.25, -0.2) is 0 Å². The van der Waals surface area contributed by atoms with Gasteiger partial charge in [0.2, 0.25) is 0 Å². The predicted octanol–water partition coefficient (Wildman–Crippen LogP) is 5.42. The van der Waals surface area contributed by atoms with E-state index < -0.39 is 12.0 Å². The molecule has 0 saturated heterocycles. The Balaban J connectivity index is 1.50. The van der Waals surface area contributed by atoms with E-state index in [4.69, 9.17) is 0 Å². The van der Waals surface area contributed by atoms with Crippen molar-refractivity contribution in [2.75, 3.05) is 0 Å². The molecule has 2 N–H and O–H groups in total. The maximum Gasteiger partial charge on any atom is 0.305 e. The third kappa shape index (κ3) is 5.05. The third-order valence-corrected chi connectivity index (χ3v) is 5.87. The summed E-state index contributed by atoms with van der Waals surface area (Å²) in [6.07, 6.45) is 3.35. The van der Waals surface area contributed by atoms with E-state index in [1.54, 1.807) is 12.4 Å². The van der Waals surface area contributed by atoms with Crippen LogP contribution in [0.4, 0.5) is 0 Å². The first-order valence-electron chi connectivity index (χ1n) is 9.77. The number of nitrogens with zero attached hydrogens (tertiary/aromatic N) is 1. The average Bonchev–Trinajstić information content (AvgIpc) is 3.30. The van der Waals surface area contributed by atoms with Crippen molar-refractivity contribution in [2.24, 2.45) is 0 Å². The maximum atomic E-state index is 12.8. The smallest absolute Gasteiger partial charge is 0.305 e. The molecule has 5 nitrogen and oxygen atoms in total. The third-order valence-electron chi connectivity index (χ3n) is 4.94. The van der Waals surface area contributed by atoms with E-state index in [9.17, 15) is 14.7 Å². The number of carboxylic acid groups (broad SMARTS) is 1. The quantitative estimate of drug-likeness (QED) is 0.412. The number of hydrogen-bond acceptors (Lipinski definition) is 4. The van der Waals surface area contributed by atoms with Crippen LogP contribution in [0, 0.1) is 0 Å². The minimum Gasteiger partial charge on any atom is -0.481 e. The first-order valence-corrected chi connectivity index (χ1v) is 10.6. The highest BCUT2D eigenvalue weighted by Crippen LogP contribution is 2.29. The van der Waals surface area contributed by atoms with Crippen molar-refractivity contribution in [1.29, 1.82) is 0 Å². The number of rotatable bonds is 7. The Hall–Kier alpha value is -3.77. The van der Waals surface area contributed by atoms with E-state index in [2.05, 4.69) is 10.3 Å². The standard InChI is InChI=1S/C25H20N2O3S/c28-24(29)15-22(20-4-2-1-3-5-20)27-25(30)23-14-21(16-31-23)18-8-6-17(7-9-18)19-10-12-26-13-11-19/h1-14,16,22H,15H2,(H,27,30)(H,28,29). The Morgan fingerprint density at radius 2 is 1.48 bits per heavy atom. The van der Waals surface area contributed by atoms with Crippen LogP contribution in [0.2, 0.25) is 0 Å². The molecule has 0 fully saturated rings. The van der Waals surface area contributed by atoms with Crippen molar-refractivity contribution >= 4 is 23.2 Å². The summed E-state index contributed by atoms with van der Waals surface area (Å²) in [5.74, 6) is -1.24. The molecule has 0 radical (unpaired) electrons. The van der Waals surface area contributed by atoms with Crippen LogP contribution in [0.25, 0.3) is 22.3 Å². The lowest BCUT2D eigenvalue weighted by molar-refractivity contribution is -0.137. The summed E-state index contributed by atoms with van der Waals surface area (Å²) in [6, 6.07) is 22.5. The van der Waals surface area contributed by atoms with Gasteiger partial charge in [0.15, 0.2) is 0 Å². The van der Waals surface area contributed by atoms with Gasteiger partial charge in [0, 0.05) is 12.4 Å². The molecule has 0 aliphatic rings. The molecule has 31 heavy (non-hydrogen) atoms. The van der Waals surface area contributed by atoms with Crippen molar-refractivity contribution in [1.82, 2.24) is 10.3 Å². The van der Waals surface area contributed by atoms with Gasteiger partial charge in [0.05, 0.1) is 17.3 Å². The van der Waals surface area contributed by atoms with Gasteiger partial charge in [-0.3, -0.25) is 14.6 Å². The number of hydrogen-bond donors (Lipinski definition) is 2. The number of thiophene rings is 1. The molecule has 154 valence electrons. The molecular weight excluding hydrogens is 408 g/mol. The van der Waals surface area contributed by atoms with Gasteiger partial charge in [-0.2, -0.15) is 0 Å². The molecular formula is C25H20N2O3S.